The van der Waals surface area contributed by atoms with Gasteiger partial charge < -0.3 is 10.1 Å². The second-order valence-electron chi connectivity index (χ2n) is 4.77. The summed E-state index contributed by atoms with van der Waals surface area (Å²) >= 11 is 0. The van der Waals surface area contributed by atoms with E-state index in [-0.39, 0.29) is 17.6 Å². The maximum absolute atomic E-state index is 11.7. The molecule has 108 valence electrons. The molecule has 1 aromatic rings. The summed E-state index contributed by atoms with van der Waals surface area (Å²) in [7, 11) is 0. The smallest absolute Gasteiger partial charge is 0.290 e. The van der Waals surface area contributed by atoms with Gasteiger partial charge in [0.1, 0.15) is 5.82 Å². The summed E-state index contributed by atoms with van der Waals surface area (Å²) in [6.07, 6.45) is 3.03. The molecule has 1 rings (SSSR count). The molecule has 0 bridgehead atoms. The number of H-pyrrole nitrogens is 1. The van der Waals surface area contributed by atoms with E-state index < -0.39 is 0 Å². The molecule has 0 atom stereocenters. The first-order chi connectivity index (χ1) is 9.15. The number of nitrogens with zero attached hydrogens (tertiary/aromatic N) is 2. The number of carbonyl (C=O) groups excluding carboxylic acids is 1. The Morgan fingerprint density at radius 2 is 2.11 bits per heavy atom. The van der Waals surface area contributed by atoms with Crippen molar-refractivity contribution >= 4 is 5.91 Å². The third-order valence-electron chi connectivity index (χ3n) is 2.65. The van der Waals surface area contributed by atoms with Crippen molar-refractivity contribution in [2.75, 3.05) is 19.8 Å². The lowest BCUT2D eigenvalue weighted by Crippen LogP contribution is -2.26. The van der Waals surface area contributed by atoms with Crippen LogP contribution >= 0.6 is 0 Å². The highest BCUT2D eigenvalue weighted by Crippen LogP contribution is 2.07. The van der Waals surface area contributed by atoms with Crippen LogP contribution in [0.25, 0.3) is 0 Å². The molecule has 19 heavy (non-hydrogen) atoms. The maximum Gasteiger partial charge on any atom is 0.290 e. The van der Waals surface area contributed by atoms with Crippen molar-refractivity contribution < 1.29 is 9.53 Å². The topological polar surface area (TPSA) is 79.9 Å². The van der Waals surface area contributed by atoms with Crippen LogP contribution in [0.5, 0.6) is 0 Å². The average Bonchev–Trinajstić information content (AvgIpc) is 2.87. The fourth-order valence-electron chi connectivity index (χ4n) is 1.44. The number of nitrogens with one attached hydrogen (secondary N) is 2. The summed E-state index contributed by atoms with van der Waals surface area (Å²) in [5.74, 6) is 0.932. The minimum atomic E-state index is -0.239. The van der Waals surface area contributed by atoms with Crippen molar-refractivity contribution in [3.8, 4) is 0 Å². The van der Waals surface area contributed by atoms with Crippen molar-refractivity contribution in [1.29, 1.82) is 0 Å². The van der Waals surface area contributed by atoms with Crippen LogP contribution in [0.3, 0.4) is 0 Å². The molecule has 0 aliphatic rings. The van der Waals surface area contributed by atoms with Crippen molar-refractivity contribution in [2.45, 2.75) is 46.0 Å². The third-order valence-corrected chi connectivity index (χ3v) is 2.65. The fourth-order valence-corrected chi connectivity index (χ4v) is 1.44. The van der Waals surface area contributed by atoms with E-state index >= 15 is 0 Å². The molecule has 1 aromatic heterocycles. The van der Waals surface area contributed by atoms with E-state index in [2.05, 4.69) is 27.4 Å². The van der Waals surface area contributed by atoms with Crippen LogP contribution in [0.1, 0.15) is 62.4 Å². The van der Waals surface area contributed by atoms with Crippen LogP contribution < -0.4 is 5.32 Å². The molecule has 6 nitrogen and oxygen atoms in total. The molecule has 0 saturated carbocycles. The first-order valence-electron chi connectivity index (χ1n) is 6.93. The lowest BCUT2D eigenvalue weighted by molar-refractivity contribution is 0.0930. The largest absolute Gasteiger partial charge is 0.381 e. The lowest BCUT2D eigenvalue weighted by Gasteiger charge is -2.04. The number of hydrogen-bond acceptors (Lipinski definition) is 4. The minimum absolute atomic E-state index is 0.204. The highest BCUT2D eigenvalue weighted by atomic mass is 16.5. The molecular formula is C13H24N4O2. The molecule has 6 heteroatoms. The van der Waals surface area contributed by atoms with Gasteiger partial charge in [-0.1, -0.05) is 27.2 Å². The Balaban J connectivity index is 2.16. The molecule has 1 heterocycles. The normalized spacial score (nSPS) is 10.9. The molecule has 0 saturated heterocycles. The van der Waals surface area contributed by atoms with Gasteiger partial charge in [0.15, 0.2) is 0 Å². The highest BCUT2D eigenvalue weighted by Gasteiger charge is 2.13. The Kier molecular flexibility index (Phi) is 7.10. The Hall–Kier alpha value is -1.43. The predicted molar refractivity (Wildman–Crippen MR) is 73.1 cm³/mol. The van der Waals surface area contributed by atoms with Gasteiger partial charge in [0.25, 0.3) is 5.91 Å². The molecular weight excluding hydrogens is 244 g/mol. The number of unbranched alkanes of at least 4 members (excludes halogenated alkanes) is 1. The van der Waals surface area contributed by atoms with Crippen molar-refractivity contribution in [3.05, 3.63) is 11.6 Å². The standard InChI is InChI=1S/C13H24N4O2/c1-4-5-8-19-9-6-7-14-13(18)12-15-11(10(2)3)16-17-12/h10H,4-9H2,1-3H3,(H,14,18)(H,15,16,17). The number of carbonyl (C=O) groups is 1. The summed E-state index contributed by atoms with van der Waals surface area (Å²) in [5, 5.41) is 9.44. The summed E-state index contributed by atoms with van der Waals surface area (Å²) in [5.41, 5.74) is 0. The molecule has 1 amide bonds. The Morgan fingerprint density at radius 3 is 2.74 bits per heavy atom. The number of hydrogen-bond donors (Lipinski definition) is 2. The van der Waals surface area contributed by atoms with Gasteiger partial charge >= 0.3 is 0 Å². The van der Waals surface area contributed by atoms with Gasteiger partial charge in [-0.3, -0.25) is 9.89 Å². The second-order valence-corrected chi connectivity index (χ2v) is 4.77. The van der Waals surface area contributed by atoms with Crippen LogP contribution in [-0.4, -0.2) is 40.8 Å². The molecule has 0 fully saturated rings. The van der Waals surface area contributed by atoms with Gasteiger partial charge in [-0.2, -0.15) is 0 Å². The summed E-state index contributed by atoms with van der Waals surface area (Å²) in [4.78, 5) is 15.9. The lowest BCUT2D eigenvalue weighted by atomic mass is 10.2. The van der Waals surface area contributed by atoms with E-state index in [0.29, 0.717) is 13.2 Å². The fraction of sp³-hybridized carbons (Fsp3) is 0.769. The SMILES string of the molecule is CCCCOCCCNC(=O)c1n[nH]c(C(C)C)n1. The molecule has 0 aromatic carbocycles. The van der Waals surface area contributed by atoms with Crippen LogP contribution in [0.4, 0.5) is 0 Å². The Morgan fingerprint density at radius 1 is 1.37 bits per heavy atom. The minimum Gasteiger partial charge on any atom is -0.381 e. The molecule has 2 N–H and O–H groups in total. The summed E-state index contributed by atoms with van der Waals surface area (Å²) < 4.78 is 5.41. The van der Waals surface area contributed by atoms with Crippen LogP contribution in [-0.2, 0) is 4.74 Å². The predicted octanol–water partition coefficient (Wildman–Crippen LogP) is 1.86. The number of amides is 1. The van der Waals surface area contributed by atoms with Crippen LogP contribution in [0.2, 0.25) is 0 Å². The molecule has 0 aliphatic heterocycles. The monoisotopic (exact) mass is 268 g/mol. The number of aromatic nitrogens is 3. The van der Waals surface area contributed by atoms with Gasteiger partial charge in [0, 0.05) is 25.7 Å². The Labute approximate surface area is 114 Å². The van der Waals surface area contributed by atoms with Gasteiger partial charge in [0.2, 0.25) is 5.82 Å². The quantitative estimate of drug-likeness (QED) is 0.670. The van der Waals surface area contributed by atoms with E-state index in [1.54, 1.807) is 0 Å². The molecule has 0 radical (unpaired) electrons. The zero-order chi connectivity index (χ0) is 14.1. The van der Waals surface area contributed by atoms with E-state index in [9.17, 15) is 4.79 Å². The van der Waals surface area contributed by atoms with E-state index in [1.807, 2.05) is 13.8 Å². The van der Waals surface area contributed by atoms with E-state index in [0.717, 1.165) is 31.7 Å². The number of ether oxygens (including phenoxy) is 1. The third kappa shape index (κ3) is 5.83. The number of rotatable bonds is 9. The Bertz CT molecular complexity index is 376. The summed E-state index contributed by atoms with van der Waals surface area (Å²) in [6, 6.07) is 0. The maximum atomic E-state index is 11.7. The van der Waals surface area contributed by atoms with Crippen LogP contribution in [0, 0.1) is 0 Å². The zero-order valence-corrected chi connectivity index (χ0v) is 12.0. The first-order valence-corrected chi connectivity index (χ1v) is 6.93. The van der Waals surface area contributed by atoms with Gasteiger partial charge in [-0.05, 0) is 12.8 Å². The molecule has 0 unspecified atom stereocenters. The van der Waals surface area contributed by atoms with Gasteiger partial charge in [-0.25, -0.2) is 4.98 Å². The van der Waals surface area contributed by atoms with E-state index in [4.69, 9.17) is 4.74 Å². The van der Waals surface area contributed by atoms with Crippen molar-refractivity contribution in [2.24, 2.45) is 0 Å². The average molecular weight is 268 g/mol. The summed E-state index contributed by atoms with van der Waals surface area (Å²) in [6.45, 7) is 8.17. The zero-order valence-electron chi connectivity index (χ0n) is 12.0. The van der Waals surface area contributed by atoms with Gasteiger partial charge in [0.05, 0.1) is 0 Å². The molecule has 0 spiro atoms. The van der Waals surface area contributed by atoms with Crippen molar-refractivity contribution in [3.63, 3.8) is 0 Å². The van der Waals surface area contributed by atoms with E-state index in [1.165, 1.54) is 0 Å². The van der Waals surface area contributed by atoms with Gasteiger partial charge in [-0.15, -0.1) is 5.10 Å². The number of aromatic amines is 1. The molecule has 0 aliphatic carbocycles. The highest BCUT2D eigenvalue weighted by molar-refractivity contribution is 5.90. The van der Waals surface area contributed by atoms with Crippen molar-refractivity contribution in [1.82, 2.24) is 20.5 Å². The second kappa shape index (κ2) is 8.63. The van der Waals surface area contributed by atoms with Crippen LogP contribution in [0.15, 0.2) is 0 Å². The first kappa shape index (κ1) is 15.6.